The summed E-state index contributed by atoms with van der Waals surface area (Å²) in [6.07, 6.45) is 3.58. The van der Waals surface area contributed by atoms with Crippen LogP contribution in [-0.2, 0) is 6.54 Å². The molecule has 130 valence electrons. The van der Waals surface area contributed by atoms with Gasteiger partial charge in [0.15, 0.2) is 0 Å². The van der Waals surface area contributed by atoms with Crippen LogP contribution in [0, 0.1) is 5.92 Å². The fourth-order valence-corrected chi connectivity index (χ4v) is 4.47. The smallest absolute Gasteiger partial charge is 0.253 e. The number of amides is 1. The van der Waals surface area contributed by atoms with Crippen molar-refractivity contribution in [2.75, 3.05) is 19.6 Å². The third kappa shape index (κ3) is 3.62. The summed E-state index contributed by atoms with van der Waals surface area (Å²) in [5.74, 6) is 0.804. The van der Waals surface area contributed by atoms with Crippen LogP contribution in [0.25, 0.3) is 0 Å². The highest BCUT2D eigenvalue weighted by molar-refractivity contribution is 5.94. The lowest BCUT2D eigenvalue weighted by atomic mass is 9.83. The van der Waals surface area contributed by atoms with E-state index in [1.54, 1.807) is 0 Å². The highest BCUT2D eigenvalue weighted by atomic mass is 16.2. The number of carbonyl (C=O) groups excluding carboxylic acids is 1. The highest BCUT2D eigenvalue weighted by Crippen LogP contribution is 2.32. The number of benzene rings is 2. The second kappa shape index (κ2) is 7.40. The Morgan fingerprint density at radius 3 is 2.40 bits per heavy atom. The molecule has 4 rings (SSSR count). The Balaban J connectivity index is 1.43. The van der Waals surface area contributed by atoms with E-state index in [1.165, 1.54) is 24.9 Å². The molecule has 2 aromatic rings. The second-order valence-electron chi connectivity index (χ2n) is 7.33. The number of hydrogen-bond donors (Lipinski definition) is 0. The Bertz CT molecular complexity index is 700. The monoisotopic (exact) mass is 334 g/mol. The number of carbonyl (C=O) groups is 1. The van der Waals surface area contributed by atoms with E-state index in [1.807, 2.05) is 30.3 Å². The van der Waals surface area contributed by atoms with E-state index < -0.39 is 0 Å². The maximum Gasteiger partial charge on any atom is 0.253 e. The molecule has 0 N–H and O–H groups in total. The minimum absolute atomic E-state index is 0.194. The molecule has 3 nitrogen and oxygen atoms in total. The van der Waals surface area contributed by atoms with Crippen molar-refractivity contribution in [3.8, 4) is 0 Å². The molecule has 0 spiro atoms. The molecule has 2 atom stereocenters. The second-order valence-corrected chi connectivity index (χ2v) is 7.33. The van der Waals surface area contributed by atoms with Crippen molar-refractivity contribution in [2.24, 2.45) is 5.92 Å². The molecule has 0 saturated carbocycles. The zero-order chi connectivity index (χ0) is 17.1. The van der Waals surface area contributed by atoms with Crippen molar-refractivity contribution >= 4 is 5.91 Å². The topological polar surface area (TPSA) is 23.6 Å². The predicted molar refractivity (Wildman–Crippen MR) is 100 cm³/mol. The molecular weight excluding hydrogens is 308 g/mol. The Kier molecular flexibility index (Phi) is 4.84. The Labute approximate surface area is 150 Å². The van der Waals surface area contributed by atoms with E-state index in [9.17, 15) is 4.79 Å². The first-order chi connectivity index (χ1) is 12.3. The van der Waals surface area contributed by atoms with Gasteiger partial charge in [0, 0.05) is 31.2 Å². The molecule has 0 aliphatic carbocycles. The molecule has 0 unspecified atom stereocenters. The van der Waals surface area contributed by atoms with E-state index in [4.69, 9.17) is 0 Å². The van der Waals surface area contributed by atoms with Gasteiger partial charge in [0.1, 0.15) is 0 Å². The Morgan fingerprint density at radius 2 is 1.64 bits per heavy atom. The van der Waals surface area contributed by atoms with Crippen molar-refractivity contribution in [1.82, 2.24) is 9.80 Å². The lowest BCUT2D eigenvalue weighted by Crippen LogP contribution is -2.54. The van der Waals surface area contributed by atoms with Gasteiger partial charge < -0.3 is 4.90 Å². The lowest BCUT2D eigenvalue weighted by Gasteiger charge is -2.47. The molecule has 25 heavy (non-hydrogen) atoms. The molecular formula is C22H26N2O. The van der Waals surface area contributed by atoms with Crippen molar-refractivity contribution in [3.63, 3.8) is 0 Å². The summed E-state index contributed by atoms with van der Waals surface area (Å²) in [5.41, 5.74) is 2.21. The molecule has 2 aliphatic rings. The molecule has 2 saturated heterocycles. The standard InChI is InChI=1S/C22H26N2O/c25-22(19-10-5-2-6-11-19)24-15-13-21-20(17-24)12-7-14-23(21)16-18-8-3-1-4-9-18/h1-6,8-11,20-21H,7,12-17H2/t20-,21+/m1/s1. The Morgan fingerprint density at radius 1 is 0.920 bits per heavy atom. The van der Waals surface area contributed by atoms with Gasteiger partial charge in [-0.15, -0.1) is 0 Å². The fraction of sp³-hybridized carbons (Fsp3) is 0.409. The molecule has 0 aromatic heterocycles. The lowest BCUT2D eigenvalue weighted by molar-refractivity contribution is 0.0175. The van der Waals surface area contributed by atoms with Crippen LogP contribution in [0.2, 0.25) is 0 Å². The van der Waals surface area contributed by atoms with Crippen LogP contribution < -0.4 is 0 Å². The van der Waals surface area contributed by atoms with Gasteiger partial charge in [0.2, 0.25) is 0 Å². The number of hydrogen-bond acceptors (Lipinski definition) is 2. The third-order valence-corrected chi connectivity index (χ3v) is 5.72. The average Bonchev–Trinajstić information content (AvgIpc) is 2.69. The number of nitrogens with zero attached hydrogens (tertiary/aromatic N) is 2. The van der Waals surface area contributed by atoms with E-state index in [0.29, 0.717) is 12.0 Å². The average molecular weight is 334 g/mol. The van der Waals surface area contributed by atoms with Gasteiger partial charge in [0.25, 0.3) is 5.91 Å². The van der Waals surface area contributed by atoms with Crippen LogP contribution in [0.3, 0.4) is 0 Å². The number of likely N-dealkylation sites (tertiary alicyclic amines) is 2. The quantitative estimate of drug-likeness (QED) is 0.852. The van der Waals surface area contributed by atoms with E-state index in [2.05, 4.69) is 40.1 Å². The minimum Gasteiger partial charge on any atom is -0.338 e. The van der Waals surface area contributed by atoms with Crippen LogP contribution in [0.15, 0.2) is 60.7 Å². The van der Waals surface area contributed by atoms with Gasteiger partial charge in [-0.3, -0.25) is 9.69 Å². The SMILES string of the molecule is O=C(c1ccccc1)N1CC[C@H]2[C@H](CCCN2Cc2ccccc2)C1. The van der Waals surface area contributed by atoms with Gasteiger partial charge in [0.05, 0.1) is 0 Å². The van der Waals surface area contributed by atoms with Gasteiger partial charge in [-0.1, -0.05) is 48.5 Å². The van der Waals surface area contributed by atoms with Crippen LogP contribution in [0.5, 0.6) is 0 Å². The van der Waals surface area contributed by atoms with Crippen LogP contribution in [0.4, 0.5) is 0 Å². The zero-order valence-electron chi connectivity index (χ0n) is 14.7. The summed E-state index contributed by atoms with van der Waals surface area (Å²) in [6.45, 7) is 4.00. The van der Waals surface area contributed by atoms with E-state index >= 15 is 0 Å². The first-order valence-corrected chi connectivity index (χ1v) is 9.43. The van der Waals surface area contributed by atoms with Gasteiger partial charge in [-0.2, -0.15) is 0 Å². The summed E-state index contributed by atoms with van der Waals surface area (Å²) < 4.78 is 0. The summed E-state index contributed by atoms with van der Waals surface area (Å²) in [7, 11) is 0. The molecule has 2 aromatic carbocycles. The first-order valence-electron chi connectivity index (χ1n) is 9.43. The van der Waals surface area contributed by atoms with Crippen molar-refractivity contribution < 1.29 is 4.79 Å². The van der Waals surface area contributed by atoms with Gasteiger partial charge in [-0.25, -0.2) is 0 Å². The summed E-state index contributed by atoms with van der Waals surface area (Å²) in [4.78, 5) is 17.5. The number of rotatable bonds is 3. The van der Waals surface area contributed by atoms with E-state index in [-0.39, 0.29) is 5.91 Å². The van der Waals surface area contributed by atoms with Crippen LogP contribution in [0.1, 0.15) is 35.2 Å². The molecule has 2 heterocycles. The predicted octanol–water partition coefficient (Wildman–Crippen LogP) is 3.81. The van der Waals surface area contributed by atoms with Crippen LogP contribution >= 0.6 is 0 Å². The molecule has 0 bridgehead atoms. The third-order valence-electron chi connectivity index (χ3n) is 5.72. The maximum absolute atomic E-state index is 12.8. The van der Waals surface area contributed by atoms with Gasteiger partial charge in [-0.05, 0) is 49.4 Å². The van der Waals surface area contributed by atoms with Gasteiger partial charge >= 0.3 is 0 Å². The molecule has 2 aliphatic heterocycles. The van der Waals surface area contributed by atoms with Crippen molar-refractivity contribution in [3.05, 3.63) is 71.8 Å². The molecule has 1 amide bonds. The van der Waals surface area contributed by atoms with Crippen LogP contribution in [-0.4, -0.2) is 41.4 Å². The summed E-state index contributed by atoms with van der Waals surface area (Å²) >= 11 is 0. The summed E-state index contributed by atoms with van der Waals surface area (Å²) in [6, 6.07) is 21.1. The molecule has 0 radical (unpaired) electrons. The van der Waals surface area contributed by atoms with E-state index in [0.717, 1.165) is 31.6 Å². The highest BCUT2D eigenvalue weighted by Gasteiger charge is 2.37. The van der Waals surface area contributed by atoms with Crippen molar-refractivity contribution in [2.45, 2.75) is 31.8 Å². The number of fused-ring (bicyclic) bond motifs is 1. The first kappa shape index (κ1) is 16.3. The molecule has 2 fully saturated rings. The zero-order valence-corrected chi connectivity index (χ0v) is 14.7. The minimum atomic E-state index is 0.194. The Hall–Kier alpha value is -2.13. The fourth-order valence-electron chi connectivity index (χ4n) is 4.47. The number of piperidine rings is 2. The largest absolute Gasteiger partial charge is 0.338 e. The maximum atomic E-state index is 12.8. The van der Waals surface area contributed by atoms with Crippen molar-refractivity contribution in [1.29, 1.82) is 0 Å². The normalized spacial score (nSPS) is 23.9. The molecule has 3 heteroatoms. The summed E-state index contributed by atoms with van der Waals surface area (Å²) in [5, 5.41) is 0.